The van der Waals surface area contributed by atoms with Crippen LogP contribution in [0.2, 0.25) is 0 Å². The highest BCUT2D eigenvalue weighted by molar-refractivity contribution is 5.79. The van der Waals surface area contributed by atoms with Gasteiger partial charge in [0.05, 0.1) is 13.3 Å². The van der Waals surface area contributed by atoms with E-state index in [0.29, 0.717) is 19.3 Å². The summed E-state index contributed by atoms with van der Waals surface area (Å²) in [5.41, 5.74) is 0. The van der Waals surface area contributed by atoms with Crippen molar-refractivity contribution in [1.82, 2.24) is 15.1 Å². The van der Waals surface area contributed by atoms with E-state index in [1.807, 2.05) is 0 Å². The fraction of sp³-hybridized carbons (Fsp3) is 0.800. The predicted molar refractivity (Wildman–Crippen MR) is 42.8 cm³/mol. The third-order valence-corrected chi connectivity index (χ3v) is 1.55. The lowest BCUT2D eigenvalue weighted by atomic mass is 10.6. The van der Waals surface area contributed by atoms with Crippen LogP contribution >= 0.6 is 0 Å². The van der Waals surface area contributed by atoms with E-state index in [1.54, 1.807) is 23.9 Å². The summed E-state index contributed by atoms with van der Waals surface area (Å²) in [5.74, 6) is 0.374. The highest BCUT2D eigenvalue weighted by Gasteiger charge is 2.20. The van der Waals surface area contributed by atoms with E-state index in [4.69, 9.17) is 0 Å². The molecular formula is C5H11N5O2. The van der Waals surface area contributed by atoms with Crippen molar-refractivity contribution in [2.75, 3.05) is 27.4 Å². The normalized spacial score (nSPS) is 18.0. The minimum Gasteiger partial charge on any atom is -0.328 e. The summed E-state index contributed by atoms with van der Waals surface area (Å²) < 4.78 is 0. The first-order valence-electron chi connectivity index (χ1n) is 3.47. The SMILES string of the molecule is CN1CNCN(C)C1=N[N+](=O)[O-]. The molecule has 7 heteroatoms. The van der Waals surface area contributed by atoms with Gasteiger partial charge in [0.15, 0.2) is 5.03 Å². The van der Waals surface area contributed by atoms with Crippen molar-refractivity contribution in [3.8, 4) is 0 Å². The Kier molecular flexibility index (Phi) is 2.44. The van der Waals surface area contributed by atoms with Crippen LogP contribution in [0.1, 0.15) is 0 Å². The summed E-state index contributed by atoms with van der Waals surface area (Å²) in [7, 11) is 3.48. The molecule has 68 valence electrons. The highest BCUT2D eigenvalue weighted by atomic mass is 16.7. The van der Waals surface area contributed by atoms with E-state index in [-0.39, 0.29) is 0 Å². The first-order valence-corrected chi connectivity index (χ1v) is 3.47. The van der Waals surface area contributed by atoms with Crippen molar-refractivity contribution in [2.45, 2.75) is 0 Å². The number of nitro groups is 1. The molecule has 0 unspecified atom stereocenters. The van der Waals surface area contributed by atoms with Gasteiger partial charge in [-0.2, -0.15) is 0 Å². The Morgan fingerprint density at radius 1 is 1.50 bits per heavy atom. The summed E-state index contributed by atoms with van der Waals surface area (Å²) in [5, 5.41) is 15.7. The lowest BCUT2D eigenvalue weighted by Gasteiger charge is -2.32. The van der Waals surface area contributed by atoms with Gasteiger partial charge < -0.3 is 9.80 Å². The molecule has 0 radical (unpaired) electrons. The number of hydrogen-bond acceptors (Lipinski definition) is 3. The largest absolute Gasteiger partial charge is 0.328 e. The highest BCUT2D eigenvalue weighted by Crippen LogP contribution is 1.97. The van der Waals surface area contributed by atoms with Crippen LogP contribution in [0.25, 0.3) is 0 Å². The van der Waals surface area contributed by atoms with Crippen LogP contribution in [0.15, 0.2) is 5.10 Å². The van der Waals surface area contributed by atoms with Crippen molar-refractivity contribution in [3.63, 3.8) is 0 Å². The van der Waals surface area contributed by atoms with Gasteiger partial charge in [-0.25, -0.2) is 10.1 Å². The van der Waals surface area contributed by atoms with Crippen molar-refractivity contribution in [1.29, 1.82) is 0 Å². The molecule has 1 heterocycles. The Bertz CT molecular complexity index is 204. The van der Waals surface area contributed by atoms with Crippen molar-refractivity contribution in [3.05, 3.63) is 10.1 Å². The molecule has 1 aliphatic rings. The van der Waals surface area contributed by atoms with Gasteiger partial charge in [-0.05, 0) is 0 Å². The molecule has 0 aromatic rings. The Hall–Kier alpha value is -1.37. The maximum atomic E-state index is 10.1. The van der Waals surface area contributed by atoms with Gasteiger partial charge in [0, 0.05) is 14.1 Å². The van der Waals surface area contributed by atoms with Crippen LogP contribution in [0.4, 0.5) is 0 Å². The minimum absolute atomic E-state index is 0.374. The summed E-state index contributed by atoms with van der Waals surface area (Å²) in [6.07, 6.45) is 0. The van der Waals surface area contributed by atoms with Gasteiger partial charge in [-0.3, -0.25) is 5.32 Å². The lowest BCUT2D eigenvalue weighted by molar-refractivity contribution is -0.486. The number of nitrogens with one attached hydrogen (secondary N) is 1. The first-order chi connectivity index (χ1) is 5.61. The van der Waals surface area contributed by atoms with Gasteiger partial charge in [0.1, 0.15) is 5.10 Å². The zero-order valence-electron chi connectivity index (χ0n) is 7.02. The van der Waals surface area contributed by atoms with Gasteiger partial charge in [-0.15, -0.1) is 0 Å². The van der Waals surface area contributed by atoms with Crippen molar-refractivity contribution < 1.29 is 5.03 Å². The first kappa shape index (κ1) is 8.72. The number of rotatable bonds is 1. The Morgan fingerprint density at radius 3 is 2.42 bits per heavy atom. The second-order valence-electron chi connectivity index (χ2n) is 2.60. The average molecular weight is 173 g/mol. The predicted octanol–water partition coefficient (Wildman–Crippen LogP) is -1.08. The molecule has 1 N–H and O–H groups in total. The minimum atomic E-state index is -0.687. The molecule has 0 bridgehead atoms. The molecule has 0 spiro atoms. The smallest absolute Gasteiger partial charge is 0.275 e. The second-order valence-corrected chi connectivity index (χ2v) is 2.60. The van der Waals surface area contributed by atoms with E-state index in [0.717, 1.165) is 0 Å². The van der Waals surface area contributed by atoms with Crippen LogP contribution in [-0.2, 0) is 0 Å². The molecule has 0 amide bonds. The molecule has 1 fully saturated rings. The third kappa shape index (κ3) is 1.82. The molecule has 1 saturated heterocycles. The molecule has 0 atom stereocenters. The molecule has 0 aromatic carbocycles. The summed E-state index contributed by atoms with van der Waals surface area (Å²) >= 11 is 0. The van der Waals surface area contributed by atoms with Crippen LogP contribution in [0.3, 0.4) is 0 Å². The Morgan fingerprint density at radius 2 is 2.00 bits per heavy atom. The van der Waals surface area contributed by atoms with Crippen LogP contribution in [-0.4, -0.2) is 48.2 Å². The van der Waals surface area contributed by atoms with Gasteiger partial charge in [0.25, 0.3) is 5.96 Å². The third-order valence-electron chi connectivity index (χ3n) is 1.55. The van der Waals surface area contributed by atoms with Crippen LogP contribution in [0.5, 0.6) is 0 Å². The van der Waals surface area contributed by atoms with Gasteiger partial charge in [-0.1, -0.05) is 0 Å². The van der Waals surface area contributed by atoms with E-state index in [9.17, 15) is 10.1 Å². The second kappa shape index (κ2) is 3.35. The van der Waals surface area contributed by atoms with Crippen molar-refractivity contribution >= 4 is 5.96 Å². The lowest BCUT2D eigenvalue weighted by Crippen LogP contribution is -2.54. The van der Waals surface area contributed by atoms with E-state index >= 15 is 0 Å². The molecule has 7 nitrogen and oxygen atoms in total. The molecule has 0 saturated carbocycles. The van der Waals surface area contributed by atoms with E-state index < -0.39 is 5.03 Å². The average Bonchev–Trinajstić information content (AvgIpc) is 1.97. The maximum Gasteiger partial charge on any atom is 0.275 e. The number of hydrogen-bond donors (Lipinski definition) is 1. The van der Waals surface area contributed by atoms with Crippen molar-refractivity contribution in [2.24, 2.45) is 5.10 Å². The molecule has 0 aliphatic carbocycles. The fourth-order valence-electron chi connectivity index (χ4n) is 1.04. The Labute approximate surface area is 69.8 Å². The quantitative estimate of drug-likeness (QED) is 0.403. The summed E-state index contributed by atoms with van der Waals surface area (Å²) in [6, 6.07) is 0. The molecule has 1 aliphatic heterocycles. The maximum absolute atomic E-state index is 10.1. The monoisotopic (exact) mass is 173 g/mol. The molecule has 0 aromatic heterocycles. The zero-order valence-corrected chi connectivity index (χ0v) is 7.02. The summed E-state index contributed by atoms with van der Waals surface area (Å²) in [6.45, 7) is 1.16. The van der Waals surface area contributed by atoms with E-state index in [1.165, 1.54) is 0 Å². The zero-order chi connectivity index (χ0) is 9.14. The van der Waals surface area contributed by atoms with Gasteiger partial charge >= 0.3 is 0 Å². The topological polar surface area (TPSA) is 74.0 Å². The number of hydrazone groups is 1. The standard InChI is InChI=1S/C5H11N5O2/c1-8-3-6-4-9(2)5(8)7-10(11)12/h6H,3-4H2,1-2H3. The molecular weight excluding hydrogens is 162 g/mol. The summed E-state index contributed by atoms with van der Waals surface area (Å²) in [4.78, 5) is 13.4. The molecule has 1 rings (SSSR count). The van der Waals surface area contributed by atoms with Crippen LogP contribution in [0, 0.1) is 10.1 Å². The van der Waals surface area contributed by atoms with Gasteiger partial charge in [0.2, 0.25) is 0 Å². The number of guanidine groups is 1. The number of nitrogens with zero attached hydrogens (tertiary/aromatic N) is 4. The fourth-order valence-corrected chi connectivity index (χ4v) is 1.04. The molecule has 12 heavy (non-hydrogen) atoms. The Balaban J connectivity index is 2.75. The van der Waals surface area contributed by atoms with E-state index in [2.05, 4.69) is 10.4 Å². The van der Waals surface area contributed by atoms with Crippen LogP contribution < -0.4 is 5.32 Å².